The van der Waals surface area contributed by atoms with Crippen LogP contribution in [0.1, 0.15) is 35.3 Å². The molecule has 0 saturated heterocycles. The number of benzene rings is 2. The molecule has 1 atom stereocenters. The molecule has 0 spiro atoms. The van der Waals surface area contributed by atoms with Crippen LogP contribution in [0, 0.1) is 13.8 Å². The Morgan fingerprint density at radius 2 is 1.55 bits per heavy atom. The summed E-state index contributed by atoms with van der Waals surface area (Å²) in [5, 5.41) is 1.04. The molecule has 0 aliphatic heterocycles. The van der Waals surface area contributed by atoms with Gasteiger partial charge in [-0.2, -0.15) is 0 Å². The van der Waals surface area contributed by atoms with Crippen molar-refractivity contribution in [3.05, 3.63) is 59.2 Å². The fourth-order valence-electron chi connectivity index (χ4n) is 2.26. The molecule has 0 aliphatic rings. The smallest absolute Gasteiger partial charge is 0.186 e. The van der Waals surface area contributed by atoms with Crippen molar-refractivity contribution in [2.45, 2.75) is 33.8 Å². The van der Waals surface area contributed by atoms with Gasteiger partial charge in [0, 0.05) is 24.4 Å². The zero-order chi connectivity index (χ0) is 15.4. The third kappa shape index (κ3) is 4.99. The fraction of sp³-hybridized carbons (Fsp3) is 0.278. The SMILES string of the molecule is Cc1cccc(C)c1C(=O)Pc1ccc(OC(C)C)cc1.[Li]. The maximum absolute atomic E-state index is 12.5. The van der Waals surface area contributed by atoms with Gasteiger partial charge >= 0.3 is 0 Å². The quantitative estimate of drug-likeness (QED) is 0.619. The van der Waals surface area contributed by atoms with E-state index in [0.29, 0.717) is 0 Å². The first-order chi connectivity index (χ1) is 9.97. The summed E-state index contributed by atoms with van der Waals surface area (Å²) in [6, 6.07) is 13.8. The van der Waals surface area contributed by atoms with Gasteiger partial charge < -0.3 is 4.74 Å². The fourth-order valence-corrected chi connectivity index (χ4v) is 3.37. The Hall–Kier alpha value is -1.06. The summed E-state index contributed by atoms with van der Waals surface area (Å²) in [5.41, 5.74) is 3.15. The van der Waals surface area contributed by atoms with Crippen LogP contribution in [-0.2, 0) is 0 Å². The Bertz CT molecular complexity index is 616. The standard InChI is InChI=1S/C18H21O2P.Li/c1-12(2)20-15-8-10-16(11-9-15)21-18(19)17-13(3)6-5-7-14(17)4;/h5-12,21H,1-4H3;. The average Bonchev–Trinajstić information content (AvgIpc) is 2.40. The molecule has 0 heterocycles. The maximum Gasteiger partial charge on any atom is 0.186 e. The van der Waals surface area contributed by atoms with Crippen LogP contribution in [0.25, 0.3) is 0 Å². The van der Waals surface area contributed by atoms with Crippen molar-refractivity contribution in [1.82, 2.24) is 0 Å². The van der Waals surface area contributed by atoms with E-state index in [-0.39, 0.29) is 39.1 Å². The maximum atomic E-state index is 12.5. The first-order valence-corrected chi connectivity index (χ1v) is 8.11. The number of rotatable bonds is 5. The molecule has 0 N–H and O–H groups in total. The van der Waals surface area contributed by atoms with Crippen LogP contribution in [0.4, 0.5) is 0 Å². The van der Waals surface area contributed by atoms with Gasteiger partial charge in [0.15, 0.2) is 5.52 Å². The first-order valence-electron chi connectivity index (χ1n) is 7.11. The minimum Gasteiger partial charge on any atom is -0.491 e. The summed E-state index contributed by atoms with van der Waals surface area (Å²) in [5.74, 6) is 0.845. The molecular formula is C18H21LiO2P. The van der Waals surface area contributed by atoms with Crippen molar-refractivity contribution < 1.29 is 9.53 Å². The van der Waals surface area contributed by atoms with E-state index in [1.54, 1.807) is 0 Å². The van der Waals surface area contributed by atoms with E-state index in [9.17, 15) is 4.79 Å². The van der Waals surface area contributed by atoms with Gasteiger partial charge in [0.1, 0.15) is 5.75 Å². The van der Waals surface area contributed by atoms with E-state index >= 15 is 0 Å². The summed E-state index contributed by atoms with van der Waals surface area (Å²) in [6.07, 6.45) is 0.162. The minimum absolute atomic E-state index is 0. The van der Waals surface area contributed by atoms with Gasteiger partial charge in [0.25, 0.3) is 0 Å². The van der Waals surface area contributed by atoms with Gasteiger partial charge in [-0.05, 0) is 64.8 Å². The Labute approximate surface area is 146 Å². The molecule has 2 aromatic rings. The molecule has 0 saturated carbocycles. The Morgan fingerprint density at radius 1 is 1.00 bits per heavy atom. The molecule has 0 bridgehead atoms. The van der Waals surface area contributed by atoms with Crippen LogP contribution in [0.2, 0.25) is 0 Å². The molecule has 0 fully saturated rings. The second-order valence-electron chi connectivity index (χ2n) is 5.41. The third-order valence-corrected chi connectivity index (χ3v) is 4.29. The number of aryl methyl sites for hydroxylation is 2. The zero-order valence-electron chi connectivity index (χ0n) is 13.9. The second-order valence-corrected chi connectivity index (χ2v) is 6.69. The van der Waals surface area contributed by atoms with Gasteiger partial charge in [-0.3, -0.25) is 4.79 Å². The van der Waals surface area contributed by atoms with Crippen molar-refractivity contribution in [2.75, 3.05) is 0 Å². The molecular weight excluding hydrogens is 286 g/mol. The summed E-state index contributed by atoms with van der Waals surface area (Å²) < 4.78 is 5.62. The summed E-state index contributed by atoms with van der Waals surface area (Å²) in [6.45, 7) is 7.98. The first kappa shape index (κ1) is 19.0. The van der Waals surface area contributed by atoms with E-state index in [0.717, 1.165) is 27.7 Å². The van der Waals surface area contributed by atoms with E-state index in [2.05, 4.69) is 0 Å². The monoisotopic (exact) mass is 307 g/mol. The summed E-state index contributed by atoms with van der Waals surface area (Å²) in [7, 11) is 0.146. The summed E-state index contributed by atoms with van der Waals surface area (Å²) in [4.78, 5) is 12.5. The van der Waals surface area contributed by atoms with Crippen LogP contribution >= 0.6 is 8.58 Å². The minimum atomic E-state index is 0. The molecule has 2 aromatic carbocycles. The largest absolute Gasteiger partial charge is 0.491 e. The van der Waals surface area contributed by atoms with Crippen LogP contribution in [0.3, 0.4) is 0 Å². The molecule has 4 heteroatoms. The molecule has 2 nitrogen and oxygen atoms in total. The van der Waals surface area contributed by atoms with Crippen molar-refractivity contribution in [3.63, 3.8) is 0 Å². The number of carbonyl (C=O) groups is 1. The molecule has 1 unspecified atom stereocenters. The van der Waals surface area contributed by atoms with Crippen molar-refractivity contribution >= 4 is 38.3 Å². The Morgan fingerprint density at radius 3 is 2.05 bits per heavy atom. The van der Waals surface area contributed by atoms with E-state index < -0.39 is 0 Å². The van der Waals surface area contributed by atoms with Crippen LogP contribution in [0.5, 0.6) is 5.75 Å². The normalized spacial score (nSPS) is 10.8. The second kappa shape index (κ2) is 8.54. The van der Waals surface area contributed by atoms with Gasteiger partial charge in [-0.25, -0.2) is 0 Å². The number of carbonyl (C=O) groups excluding carboxylic acids is 1. The predicted octanol–water partition coefficient (Wildman–Crippen LogP) is 3.85. The van der Waals surface area contributed by atoms with Gasteiger partial charge in [-0.15, -0.1) is 0 Å². The zero-order valence-corrected chi connectivity index (χ0v) is 14.9. The van der Waals surface area contributed by atoms with Crippen molar-refractivity contribution in [1.29, 1.82) is 0 Å². The molecule has 2 rings (SSSR count). The number of hydrogen-bond acceptors (Lipinski definition) is 2. The summed E-state index contributed by atoms with van der Waals surface area (Å²) >= 11 is 0. The molecule has 0 amide bonds. The Balaban J connectivity index is 0.00000242. The number of hydrogen-bond donors (Lipinski definition) is 0. The predicted molar refractivity (Wildman–Crippen MR) is 96.2 cm³/mol. The van der Waals surface area contributed by atoms with Crippen LogP contribution in [0.15, 0.2) is 42.5 Å². The molecule has 0 aromatic heterocycles. The third-order valence-electron chi connectivity index (χ3n) is 3.19. The van der Waals surface area contributed by atoms with Crippen molar-refractivity contribution in [3.8, 4) is 5.75 Å². The Kier molecular flexibility index (Phi) is 7.37. The topological polar surface area (TPSA) is 26.3 Å². The van der Waals surface area contributed by atoms with E-state index in [4.69, 9.17) is 4.74 Å². The van der Waals surface area contributed by atoms with Crippen LogP contribution < -0.4 is 10.0 Å². The van der Waals surface area contributed by atoms with E-state index in [1.807, 2.05) is 70.2 Å². The molecule has 22 heavy (non-hydrogen) atoms. The van der Waals surface area contributed by atoms with Crippen molar-refractivity contribution in [2.24, 2.45) is 0 Å². The van der Waals surface area contributed by atoms with Gasteiger partial charge in [0.05, 0.1) is 6.10 Å². The van der Waals surface area contributed by atoms with Gasteiger partial charge in [0.2, 0.25) is 0 Å². The average molecular weight is 307 g/mol. The number of ether oxygens (including phenoxy) is 1. The molecule has 1 radical (unpaired) electrons. The van der Waals surface area contributed by atoms with E-state index in [1.165, 1.54) is 0 Å². The van der Waals surface area contributed by atoms with Gasteiger partial charge in [-0.1, -0.05) is 30.3 Å². The molecule has 0 aliphatic carbocycles. The van der Waals surface area contributed by atoms with Crippen LogP contribution in [-0.4, -0.2) is 30.5 Å². The molecule has 111 valence electrons.